The Morgan fingerprint density at radius 3 is 2.60 bits per heavy atom. The van der Waals surface area contributed by atoms with E-state index < -0.39 is 5.97 Å². The number of aromatic carboxylic acids is 1. The van der Waals surface area contributed by atoms with Crippen LogP contribution < -0.4 is 10.2 Å². The van der Waals surface area contributed by atoms with Gasteiger partial charge in [-0.25, -0.2) is 19.7 Å². The standard InChI is InChI=1S/C26H26N6O3/c1-16-5-3-6-18(13-16)25(33)30-19-14-21(26(34)35)23(28-15-19)31-11-8-20(9-12-31)32-17(2)29-22-7-4-10-27-24(22)32/h3-7,10,13-15,20H,8-9,11-12H2,1-2H3,(H,30,33)(H,34,35). The molecule has 1 amide bonds. The molecule has 3 aromatic heterocycles. The van der Waals surface area contributed by atoms with Gasteiger partial charge >= 0.3 is 5.97 Å². The van der Waals surface area contributed by atoms with Crippen LogP contribution in [0, 0.1) is 13.8 Å². The minimum Gasteiger partial charge on any atom is -0.478 e. The molecule has 1 aliphatic rings. The Hall–Kier alpha value is -4.27. The lowest BCUT2D eigenvalue weighted by Gasteiger charge is -2.34. The van der Waals surface area contributed by atoms with Gasteiger partial charge in [0, 0.05) is 30.9 Å². The highest BCUT2D eigenvalue weighted by molar-refractivity contribution is 6.05. The van der Waals surface area contributed by atoms with E-state index >= 15 is 0 Å². The normalized spacial score (nSPS) is 14.3. The highest BCUT2D eigenvalue weighted by Crippen LogP contribution is 2.31. The van der Waals surface area contributed by atoms with Crippen LogP contribution in [0.15, 0.2) is 54.9 Å². The number of piperidine rings is 1. The van der Waals surface area contributed by atoms with Gasteiger partial charge < -0.3 is 19.9 Å². The Morgan fingerprint density at radius 2 is 1.86 bits per heavy atom. The smallest absolute Gasteiger partial charge is 0.339 e. The fraction of sp³-hybridized carbons (Fsp3) is 0.269. The van der Waals surface area contributed by atoms with Gasteiger partial charge in [0.2, 0.25) is 0 Å². The number of fused-ring (bicyclic) bond motifs is 1. The fourth-order valence-electron chi connectivity index (χ4n) is 4.74. The molecule has 0 atom stereocenters. The number of hydrogen-bond donors (Lipinski definition) is 2. The molecule has 1 aliphatic heterocycles. The van der Waals surface area contributed by atoms with E-state index in [-0.39, 0.29) is 17.5 Å². The van der Waals surface area contributed by atoms with Crippen molar-refractivity contribution in [2.24, 2.45) is 0 Å². The van der Waals surface area contributed by atoms with E-state index in [4.69, 9.17) is 0 Å². The van der Waals surface area contributed by atoms with Crippen molar-refractivity contribution in [2.75, 3.05) is 23.3 Å². The molecule has 2 N–H and O–H groups in total. The molecule has 1 saturated heterocycles. The number of carbonyl (C=O) groups is 2. The van der Waals surface area contributed by atoms with Gasteiger partial charge in [0.05, 0.1) is 11.9 Å². The van der Waals surface area contributed by atoms with E-state index in [2.05, 4.69) is 24.8 Å². The van der Waals surface area contributed by atoms with Crippen LogP contribution in [-0.4, -0.2) is 49.6 Å². The van der Waals surface area contributed by atoms with E-state index in [1.807, 2.05) is 43.0 Å². The number of aryl methyl sites for hydroxylation is 2. The number of rotatable bonds is 5. The molecule has 9 nitrogen and oxygen atoms in total. The number of carboxylic acid groups (broad SMARTS) is 1. The van der Waals surface area contributed by atoms with E-state index in [0.717, 1.165) is 35.4 Å². The monoisotopic (exact) mass is 470 g/mol. The number of aromatic nitrogens is 4. The van der Waals surface area contributed by atoms with Gasteiger partial charge in [-0.2, -0.15) is 0 Å². The molecule has 0 bridgehead atoms. The number of pyridine rings is 2. The van der Waals surface area contributed by atoms with Crippen molar-refractivity contribution in [1.82, 2.24) is 19.5 Å². The molecule has 9 heteroatoms. The summed E-state index contributed by atoms with van der Waals surface area (Å²) in [4.78, 5) is 40.2. The number of carbonyl (C=O) groups excluding carboxylic acids is 1. The third kappa shape index (κ3) is 4.44. The Balaban J connectivity index is 1.33. The summed E-state index contributed by atoms with van der Waals surface area (Å²) in [6, 6.07) is 12.8. The molecule has 0 radical (unpaired) electrons. The van der Waals surface area contributed by atoms with E-state index in [9.17, 15) is 14.7 Å². The maximum Gasteiger partial charge on any atom is 0.339 e. The van der Waals surface area contributed by atoms with Crippen molar-refractivity contribution in [3.05, 3.63) is 77.4 Å². The first kappa shape index (κ1) is 22.5. The highest BCUT2D eigenvalue weighted by atomic mass is 16.4. The Labute approximate surface area is 202 Å². The minimum atomic E-state index is -1.08. The number of imidazole rings is 1. The second kappa shape index (κ2) is 9.17. The van der Waals surface area contributed by atoms with Gasteiger partial charge in [0.15, 0.2) is 5.65 Å². The van der Waals surface area contributed by atoms with Crippen molar-refractivity contribution < 1.29 is 14.7 Å². The summed E-state index contributed by atoms with van der Waals surface area (Å²) >= 11 is 0. The molecule has 1 fully saturated rings. The molecule has 5 rings (SSSR count). The molecule has 0 spiro atoms. The third-order valence-electron chi connectivity index (χ3n) is 6.39. The molecule has 178 valence electrons. The zero-order chi connectivity index (χ0) is 24.5. The third-order valence-corrected chi connectivity index (χ3v) is 6.39. The Morgan fingerprint density at radius 1 is 1.06 bits per heavy atom. The number of benzene rings is 1. The summed E-state index contributed by atoms with van der Waals surface area (Å²) in [7, 11) is 0. The van der Waals surface area contributed by atoms with E-state index in [1.165, 1.54) is 12.3 Å². The van der Waals surface area contributed by atoms with Crippen LogP contribution >= 0.6 is 0 Å². The lowest BCUT2D eigenvalue weighted by molar-refractivity contribution is 0.0696. The molecule has 0 unspecified atom stereocenters. The van der Waals surface area contributed by atoms with Gasteiger partial charge in [-0.3, -0.25) is 4.79 Å². The second-order valence-electron chi connectivity index (χ2n) is 8.82. The highest BCUT2D eigenvalue weighted by Gasteiger charge is 2.27. The van der Waals surface area contributed by atoms with Crippen molar-refractivity contribution in [3.63, 3.8) is 0 Å². The van der Waals surface area contributed by atoms with E-state index in [0.29, 0.717) is 30.2 Å². The first-order valence-electron chi connectivity index (χ1n) is 11.6. The maximum atomic E-state index is 12.6. The zero-order valence-corrected chi connectivity index (χ0v) is 19.6. The van der Waals surface area contributed by atoms with Crippen LogP contribution in [0.3, 0.4) is 0 Å². The average Bonchev–Trinajstić information content (AvgIpc) is 3.19. The summed E-state index contributed by atoms with van der Waals surface area (Å²) in [5, 5.41) is 12.6. The number of nitrogens with one attached hydrogen (secondary N) is 1. The summed E-state index contributed by atoms with van der Waals surface area (Å²) < 4.78 is 2.18. The van der Waals surface area contributed by atoms with Crippen LogP contribution in [0.5, 0.6) is 0 Å². The number of anilines is 2. The van der Waals surface area contributed by atoms with Crippen LogP contribution in [-0.2, 0) is 0 Å². The fourth-order valence-corrected chi connectivity index (χ4v) is 4.74. The molecule has 4 heterocycles. The Bertz CT molecular complexity index is 1420. The molecule has 0 saturated carbocycles. The van der Waals surface area contributed by atoms with Crippen LogP contribution in [0.2, 0.25) is 0 Å². The van der Waals surface area contributed by atoms with Crippen molar-refractivity contribution in [1.29, 1.82) is 0 Å². The molecule has 0 aliphatic carbocycles. The molecule has 1 aromatic carbocycles. The molecular formula is C26H26N6O3. The average molecular weight is 471 g/mol. The zero-order valence-electron chi connectivity index (χ0n) is 19.6. The number of nitrogens with zero attached hydrogens (tertiary/aromatic N) is 5. The first-order valence-corrected chi connectivity index (χ1v) is 11.6. The van der Waals surface area contributed by atoms with Gasteiger partial charge in [0.25, 0.3) is 5.91 Å². The van der Waals surface area contributed by atoms with E-state index in [1.54, 1.807) is 18.3 Å². The molecule has 4 aromatic rings. The van der Waals surface area contributed by atoms with Gasteiger partial charge in [0.1, 0.15) is 22.7 Å². The summed E-state index contributed by atoms with van der Waals surface area (Å²) in [5.41, 5.74) is 3.64. The number of carboxylic acids is 1. The largest absolute Gasteiger partial charge is 0.478 e. The second-order valence-corrected chi connectivity index (χ2v) is 8.82. The summed E-state index contributed by atoms with van der Waals surface area (Å²) in [6.45, 7) is 5.20. The lowest BCUT2D eigenvalue weighted by Crippen LogP contribution is -2.36. The predicted octanol–water partition coefficient (Wildman–Crippen LogP) is 4.24. The number of hydrogen-bond acceptors (Lipinski definition) is 6. The quantitative estimate of drug-likeness (QED) is 0.449. The van der Waals surface area contributed by atoms with Crippen LogP contribution in [0.1, 0.15) is 51.0 Å². The summed E-state index contributed by atoms with van der Waals surface area (Å²) in [6.07, 6.45) is 4.92. The molecular weight excluding hydrogens is 444 g/mol. The van der Waals surface area contributed by atoms with Gasteiger partial charge in [-0.1, -0.05) is 17.7 Å². The van der Waals surface area contributed by atoms with Crippen molar-refractivity contribution in [2.45, 2.75) is 32.7 Å². The maximum absolute atomic E-state index is 12.6. The van der Waals surface area contributed by atoms with Gasteiger partial charge in [-0.05, 0) is 57.0 Å². The Kier molecular flexibility index (Phi) is 5.90. The lowest BCUT2D eigenvalue weighted by atomic mass is 10.0. The first-order chi connectivity index (χ1) is 16.9. The van der Waals surface area contributed by atoms with Gasteiger partial charge in [-0.15, -0.1) is 0 Å². The summed E-state index contributed by atoms with van der Waals surface area (Å²) in [5.74, 6) is -0.0519. The van der Waals surface area contributed by atoms with Crippen molar-refractivity contribution >= 4 is 34.5 Å². The number of amides is 1. The van der Waals surface area contributed by atoms with Crippen molar-refractivity contribution in [3.8, 4) is 0 Å². The SMILES string of the molecule is Cc1cccc(C(=O)Nc2cnc(N3CCC(n4c(C)nc5cccnc54)CC3)c(C(=O)O)c2)c1. The minimum absolute atomic E-state index is 0.0661. The topological polar surface area (TPSA) is 113 Å². The van der Waals surface area contributed by atoms with Crippen LogP contribution in [0.4, 0.5) is 11.5 Å². The van der Waals surface area contributed by atoms with Crippen LogP contribution in [0.25, 0.3) is 11.2 Å². The predicted molar refractivity (Wildman–Crippen MR) is 133 cm³/mol. The molecule has 35 heavy (non-hydrogen) atoms.